The maximum atomic E-state index is 10.3. The van der Waals surface area contributed by atoms with Crippen LogP contribution in [0.25, 0.3) is 0 Å². The highest BCUT2D eigenvalue weighted by Crippen LogP contribution is 2.28. The van der Waals surface area contributed by atoms with Gasteiger partial charge >= 0.3 is 0 Å². The van der Waals surface area contributed by atoms with Crippen LogP contribution in [0.5, 0.6) is 0 Å². The number of hydrogen-bond donors (Lipinski definition) is 2. The second kappa shape index (κ2) is 5.23. The van der Waals surface area contributed by atoms with Crippen molar-refractivity contribution in [1.29, 1.82) is 0 Å². The molecule has 4 nitrogen and oxygen atoms in total. The summed E-state index contributed by atoms with van der Waals surface area (Å²) in [4.78, 5) is 0. The third-order valence-corrected chi connectivity index (χ3v) is 5.05. The van der Waals surface area contributed by atoms with Crippen molar-refractivity contribution < 1.29 is 5.11 Å². The van der Waals surface area contributed by atoms with E-state index in [4.69, 9.17) is 0 Å². The molecule has 102 valence electrons. The van der Waals surface area contributed by atoms with Crippen molar-refractivity contribution >= 4 is 11.8 Å². The first-order chi connectivity index (χ1) is 8.43. The van der Waals surface area contributed by atoms with Crippen LogP contribution in [0.2, 0.25) is 0 Å². The molecule has 5 heteroatoms. The standard InChI is InChI=1S/C13H23N3OS/c1-9(12-10(2)15-16(4)11(12)3)14-7-13(17)5-6-18-8-13/h9,14,17H,5-8H2,1-4H3. The topological polar surface area (TPSA) is 50.1 Å². The van der Waals surface area contributed by atoms with Gasteiger partial charge < -0.3 is 10.4 Å². The number of thioether (sulfide) groups is 1. The molecule has 0 radical (unpaired) electrons. The normalized spacial score (nSPS) is 25.6. The quantitative estimate of drug-likeness (QED) is 0.871. The lowest BCUT2D eigenvalue weighted by atomic mass is 10.0. The highest BCUT2D eigenvalue weighted by molar-refractivity contribution is 7.99. The zero-order valence-electron chi connectivity index (χ0n) is 11.7. The molecule has 1 fully saturated rings. The molecule has 2 N–H and O–H groups in total. The Morgan fingerprint density at radius 1 is 1.56 bits per heavy atom. The van der Waals surface area contributed by atoms with Gasteiger partial charge in [-0.15, -0.1) is 0 Å². The second-order valence-electron chi connectivity index (χ2n) is 5.34. The van der Waals surface area contributed by atoms with Gasteiger partial charge in [0.25, 0.3) is 0 Å². The Morgan fingerprint density at radius 2 is 2.28 bits per heavy atom. The van der Waals surface area contributed by atoms with E-state index in [0.717, 1.165) is 23.6 Å². The Hall–Kier alpha value is -0.520. The van der Waals surface area contributed by atoms with Crippen molar-refractivity contribution in [3.05, 3.63) is 17.0 Å². The average molecular weight is 269 g/mol. The summed E-state index contributed by atoms with van der Waals surface area (Å²) in [6.07, 6.45) is 0.891. The number of nitrogens with zero attached hydrogens (tertiary/aromatic N) is 2. The van der Waals surface area contributed by atoms with Gasteiger partial charge in [-0.25, -0.2) is 0 Å². The number of aliphatic hydroxyl groups is 1. The molecule has 1 aromatic heterocycles. The third-order valence-electron chi connectivity index (χ3n) is 3.82. The fourth-order valence-corrected chi connectivity index (χ4v) is 3.89. The molecule has 0 amide bonds. The van der Waals surface area contributed by atoms with Crippen molar-refractivity contribution in [2.24, 2.45) is 7.05 Å². The summed E-state index contributed by atoms with van der Waals surface area (Å²) in [5.74, 6) is 1.91. The Labute approximate surface area is 113 Å². The molecule has 18 heavy (non-hydrogen) atoms. The second-order valence-corrected chi connectivity index (χ2v) is 6.44. The summed E-state index contributed by atoms with van der Waals surface area (Å²) in [5, 5.41) is 18.2. The lowest BCUT2D eigenvalue weighted by Gasteiger charge is -2.24. The maximum Gasteiger partial charge on any atom is 0.0869 e. The Bertz CT molecular complexity index is 424. The number of aromatic nitrogens is 2. The van der Waals surface area contributed by atoms with E-state index in [1.807, 2.05) is 30.4 Å². The van der Waals surface area contributed by atoms with E-state index in [1.54, 1.807) is 0 Å². The molecule has 2 atom stereocenters. The van der Waals surface area contributed by atoms with Crippen LogP contribution >= 0.6 is 11.8 Å². The molecule has 0 saturated carbocycles. The monoisotopic (exact) mass is 269 g/mol. The number of nitrogens with one attached hydrogen (secondary N) is 1. The molecule has 0 spiro atoms. The van der Waals surface area contributed by atoms with Gasteiger partial charge in [0.2, 0.25) is 0 Å². The van der Waals surface area contributed by atoms with Crippen molar-refractivity contribution in [1.82, 2.24) is 15.1 Å². The summed E-state index contributed by atoms with van der Waals surface area (Å²) in [6, 6.07) is 0.230. The van der Waals surface area contributed by atoms with Crippen LogP contribution in [0.4, 0.5) is 0 Å². The Kier molecular flexibility index (Phi) is 4.04. The van der Waals surface area contributed by atoms with Crippen molar-refractivity contribution in [3.63, 3.8) is 0 Å². The van der Waals surface area contributed by atoms with Crippen LogP contribution in [0.1, 0.15) is 36.3 Å². The first kappa shape index (κ1) is 13.9. The van der Waals surface area contributed by atoms with Crippen molar-refractivity contribution in [3.8, 4) is 0 Å². The summed E-state index contributed by atoms with van der Waals surface area (Å²) >= 11 is 1.83. The van der Waals surface area contributed by atoms with Crippen molar-refractivity contribution in [2.45, 2.75) is 38.8 Å². The van der Waals surface area contributed by atoms with Crippen LogP contribution in [-0.2, 0) is 7.05 Å². The number of hydrogen-bond acceptors (Lipinski definition) is 4. The summed E-state index contributed by atoms with van der Waals surface area (Å²) in [5.41, 5.74) is 3.00. The van der Waals surface area contributed by atoms with Gasteiger partial charge in [0.05, 0.1) is 11.3 Å². The maximum absolute atomic E-state index is 10.3. The van der Waals surface area contributed by atoms with Crippen LogP contribution in [0.15, 0.2) is 0 Å². The van der Waals surface area contributed by atoms with Gasteiger partial charge in [-0.1, -0.05) is 0 Å². The predicted octanol–water partition coefficient (Wildman–Crippen LogP) is 1.56. The average Bonchev–Trinajstić information content (AvgIpc) is 2.83. The van der Waals surface area contributed by atoms with E-state index in [2.05, 4.69) is 24.3 Å². The minimum absolute atomic E-state index is 0.230. The summed E-state index contributed by atoms with van der Waals surface area (Å²) < 4.78 is 1.92. The molecule has 1 saturated heterocycles. The van der Waals surface area contributed by atoms with Gasteiger partial charge in [0.1, 0.15) is 0 Å². The van der Waals surface area contributed by atoms with Crippen LogP contribution in [0.3, 0.4) is 0 Å². The lowest BCUT2D eigenvalue weighted by Crippen LogP contribution is -2.41. The molecule has 1 aliphatic heterocycles. The van der Waals surface area contributed by atoms with Gasteiger partial charge in [0, 0.05) is 36.6 Å². The predicted molar refractivity (Wildman–Crippen MR) is 76.0 cm³/mol. The molecular weight excluding hydrogens is 246 g/mol. The number of rotatable bonds is 4. The third kappa shape index (κ3) is 2.73. The molecule has 2 unspecified atom stereocenters. The van der Waals surface area contributed by atoms with Gasteiger partial charge in [-0.05, 0) is 32.9 Å². The largest absolute Gasteiger partial charge is 0.388 e. The van der Waals surface area contributed by atoms with E-state index in [9.17, 15) is 5.11 Å². The fourth-order valence-electron chi connectivity index (χ4n) is 2.60. The SMILES string of the molecule is Cc1nn(C)c(C)c1C(C)NCC1(O)CCSC1. The van der Waals surface area contributed by atoms with E-state index in [-0.39, 0.29) is 6.04 Å². The molecule has 0 aliphatic carbocycles. The van der Waals surface area contributed by atoms with Crippen LogP contribution < -0.4 is 5.32 Å². The minimum atomic E-state index is -0.525. The zero-order valence-corrected chi connectivity index (χ0v) is 12.5. The first-order valence-corrected chi connectivity index (χ1v) is 7.62. The number of aryl methyl sites for hydroxylation is 2. The first-order valence-electron chi connectivity index (χ1n) is 6.46. The lowest BCUT2D eigenvalue weighted by molar-refractivity contribution is 0.0651. The zero-order chi connectivity index (χ0) is 13.3. The van der Waals surface area contributed by atoms with Gasteiger partial charge in [-0.2, -0.15) is 16.9 Å². The molecule has 0 aromatic carbocycles. The van der Waals surface area contributed by atoms with E-state index in [0.29, 0.717) is 6.54 Å². The molecule has 0 bridgehead atoms. The Morgan fingerprint density at radius 3 is 2.78 bits per heavy atom. The van der Waals surface area contributed by atoms with Gasteiger partial charge in [-0.3, -0.25) is 4.68 Å². The summed E-state index contributed by atoms with van der Waals surface area (Å²) in [6.45, 7) is 6.94. The van der Waals surface area contributed by atoms with E-state index in [1.165, 1.54) is 11.3 Å². The van der Waals surface area contributed by atoms with E-state index >= 15 is 0 Å². The molecule has 1 aliphatic rings. The van der Waals surface area contributed by atoms with Crippen LogP contribution in [0, 0.1) is 13.8 Å². The fraction of sp³-hybridized carbons (Fsp3) is 0.769. The molecule has 1 aromatic rings. The van der Waals surface area contributed by atoms with Crippen LogP contribution in [-0.4, -0.2) is 38.5 Å². The van der Waals surface area contributed by atoms with Gasteiger partial charge in [0.15, 0.2) is 0 Å². The highest BCUT2D eigenvalue weighted by atomic mass is 32.2. The smallest absolute Gasteiger partial charge is 0.0869 e. The minimum Gasteiger partial charge on any atom is -0.388 e. The Balaban J connectivity index is 2.01. The highest BCUT2D eigenvalue weighted by Gasteiger charge is 2.32. The molecule has 2 rings (SSSR count). The molecular formula is C13H23N3OS. The van der Waals surface area contributed by atoms with E-state index < -0.39 is 5.60 Å². The van der Waals surface area contributed by atoms with Crippen molar-refractivity contribution in [2.75, 3.05) is 18.1 Å². The molecule has 2 heterocycles. The summed E-state index contributed by atoms with van der Waals surface area (Å²) in [7, 11) is 1.97.